The number of carbonyl (C=O) groups is 1. The van der Waals surface area contributed by atoms with E-state index in [1.165, 1.54) is 6.33 Å². The second kappa shape index (κ2) is 8.26. The maximum absolute atomic E-state index is 12.8. The highest BCUT2D eigenvalue weighted by atomic mass is 16.5. The van der Waals surface area contributed by atoms with E-state index in [9.17, 15) is 4.79 Å². The van der Waals surface area contributed by atoms with E-state index in [-0.39, 0.29) is 12.0 Å². The molecule has 3 aromatic rings. The number of ether oxygens (including phenoxy) is 1. The minimum Gasteiger partial charge on any atom is -0.368 e. The van der Waals surface area contributed by atoms with Gasteiger partial charge in [0, 0.05) is 17.8 Å². The summed E-state index contributed by atoms with van der Waals surface area (Å²) in [4.78, 5) is 23.2. The van der Waals surface area contributed by atoms with Crippen LogP contribution in [0.25, 0.3) is 5.78 Å². The molecule has 1 saturated heterocycles. The monoisotopic (exact) mass is 367 g/mol. The molecular formula is C20H25N5O2. The molecule has 7 heteroatoms. The van der Waals surface area contributed by atoms with Crippen LogP contribution in [0, 0.1) is 13.8 Å². The first-order valence-corrected chi connectivity index (χ1v) is 9.26. The maximum atomic E-state index is 12.8. The zero-order valence-electron chi connectivity index (χ0n) is 16.2. The van der Waals surface area contributed by atoms with E-state index in [4.69, 9.17) is 4.74 Å². The number of nitrogens with zero attached hydrogens (tertiary/aromatic N) is 5. The number of benzene rings is 1. The van der Waals surface area contributed by atoms with Crippen molar-refractivity contribution in [2.75, 3.05) is 19.7 Å². The molecule has 1 unspecified atom stereocenters. The summed E-state index contributed by atoms with van der Waals surface area (Å²) in [5.74, 6) is 0.568. The molecule has 1 aliphatic heterocycles. The van der Waals surface area contributed by atoms with Gasteiger partial charge in [0.1, 0.15) is 12.4 Å². The Morgan fingerprint density at radius 2 is 2.04 bits per heavy atom. The molecule has 0 radical (unpaired) electrons. The average molecular weight is 367 g/mol. The normalized spacial score (nSPS) is 16.7. The summed E-state index contributed by atoms with van der Waals surface area (Å²) in [5.41, 5.74) is 3.49. The quantitative estimate of drug-likeness (QED) is 0.696. The summed E-state index contributed by atoms with van der Waals surface area (Å²) >= 11 is 0. The Balaban J connectivity index is 0.00000102. The molecule has 1 atom stereocenters. The Hall–Kier alpha value is -2.80. The van der Waals surface area contributed by atoms with Crippen molar-refractivity contribution in [1.29, 1.82) is 0 Å². The molecule has 3 heterocycles. The SMILES string of the molecule is CC.Cc1cccc(C(=O)N2CCOC(c3cc(C)nc4ncnn34)C2)c1. The maximum Gasteiger partial charge on any atom is 0.254 e. The fraction of sp³-hybridized carbons (Fsp3) is 0.400. The van der Waals surface area contributed by atoms with Gasteiger partial charge in [-0.25, -0.2) is 4.98 Å². The van der Waals surface area contributed by atoms with Crippen LogP contribution in [-0.4, -0.2) is 50.1 Å². The van der Waals surface area contributed by atoms with E-state index in [1.807, 2.05) is 62.9 Å². The van der Waals surface area contributed by atoms with E-state index in [0.717, 1.165) is 17.0 Å². The molecule has 2 aromatic heterocycles. The van der Waals surface area contributed by atoms with Crippen molar-refractivity contribution in [2.24, 2.45) is 0 Å². The van der Waals surface area contributed by atoms with Gasteiger partial charge in [-0.2, -0.15) is 14.6 Å². The van der Waals surface area contributed by atoms with Gasteiger partial charge in [-0.15, -0.1) is 0 Å². The fourth-order valence-corrected chi connectivity index (χ4v) is 3.16. The topological polar surface area (TPSA) is 72.6 Å². The first kappa shape index (κ1) is 19.0. The minimum absolute atomic E-state index is 0.0256. The third-order valence-corrected chi connectivity index (χ3v) is 4.36. The van der Waals surface area contributed by atoms with E-state index < -0.39 is 0 Å². The lowest BCUT2D eigenvalue weighted by molar-refractivity contribution is -0.0257. The Labute approximate surface area is 159 Å². The summed E-state index contributed by atoms with van der Waals surface area (Å²) in [6.45, 7) is 9.44. The average Bonchev–Trinajstić information content (AvgIpc) is 3.17. The fourth-order valence-electron chi connectivity index (χ4n) is 3.16. The zero-order valence-corrected chi connectivity index (χ0v) is 16.2. The summed E-state index contributed by atoms with van der Waals surface area (Å²) in [7, 11) is 0. The van der Waals surface area contributed by atoms with Crippen LogP contribution in [0.15, 0.2) is 36.7 Å². The second-order valence-electron chi connectivity index (χ2n) is 6.27. The van der Waals surface area contributed by atoms with Gasteiger partial charge >= 0.3 is 0 Å². The molecule has 142 valence electrons. The molecule has 0 aliphatic carbocycles. The van der Waals surface area contributed by atoms with Gasteiger partial charge < -0.3 is 9.64 Å². The van der Waals surface area contributed by atoms with Crippen LogP contribution in [0.2, 0.25) is 0 Å². The van der Waals surface area contributed by atoms with Crippen molar-refractivity contribution in [3.05, 3.63) is 59.2 Å². The second-order valence-corrected chi connectivity index (χ2v) is 6.27. The van der Waals surface area contributed by atoms with Crippen LogP contribution in [0.5, 0.6) is 0 Å². The van der Waals surface area contributed by atoms with Gasteiger partial charge in [0.2, 0.25) is 0 Å². The van der Waals surface area contributed by atoms with E-state index >= 15 is 0 Å². The molecule has 4 rings (SSSR count). The van der Waals surface area contributed by atoms with Gasteiger partial charge in [0.25, 0.3) is 11.7 Å². The first-order chi connectivity index (χ1) is 13.1. The van der Waals surface area contributed by atoms with Crippen molar-refractivity contribution in [3.63, 3.8) is 0 Å². The van der Waals surface area contributed by atoms with Gasteiger partial charge in [0.15, 0.2) is 0 Å². The lowest BCUT2D eigenvalue weighted by Crippen LogP contribution is -2.42. The molecule has 7 nitrogen and oxygen atoms in total. The Morgan fingerprint density at radius 3 is 2.81 bits per heavy atom. The molecule has 1 aromatic carbocycles. The summed E-state index contributed by atoms with van der Waals surface area (Å²) in [6.07, 6.45) is 1.22. The number of aryl methyl sites for hydroxylation is 2. The Morgan fingerprint density at radius 1 is 1.22 bits per heavy atom. The van der Waals surface area contributed by atoms with E-state index in [1.54, 1.807) is 4.52 Å². The van der Waals surface area contributed by atoms with Gasteiger partial charge in [-0.1, -0.05) is 31.5 Å². The van der Waals surface area contributed by atoms with Crippen LogP contribution in [0.3, 0.4) is 0 Å². The number of amides is 1. The van der Waals surface area contributed by atoms with E-state index in [0.29, 0.717) is 31.0 Å². The molecule has 1 aliphatic rings. The highest BCUT2D eigenvalue weighted by molar-refractivity contribution is 5.94. The molecule has 0 saturated carbocycles. The van der Waals surface area contributed by atoms with Crippen molar-refractivity contribution in [2.45, 2.75) is 33.8 Å². The van der Waals surface area contributed by atoms with Crippen molar-refractivity contribution < 1.29 is 9.53 Å². The van der Waals surface area contributed by atoms with Crippen LogP contribution >= 0.6 is 0 Å². The van der Waals surface area contributed by atoms with Crippen LogP contribution in [0.1, 0.15) is 47.3 Å². The van der Waals surface area contributed by atoms with Gasteiger partial charge in [-0.05, 0) is 32.0 Å². The van der Waals surface area contributed by atoms with Crippen LogP contribution < -0.4 is 0 Å². The standard InChI is InChI=1S/C18H19N5O2.C2H6/c1-12-4-3-5-14(8-12)17(24)22-6-7-25-16(10-22)15-9-13(2)21-18-19-11-20-23(15)18;1-2/h3-5,8-9,11,16H,6-7,10H2,1-2H3;1-2H3. The molecule has 1 fully saturated rings. The lowest BCUT2D eigenvalue weighted by atomic mass is 10.1. The molecule has 1 amide bonds. The predicted molar refractivity (Wildman–Crippen MR) is 103 cm³/mol. The zero-order chi connectivity index (χ0) is 19.4. The smallest absolute Gasteiger partial charge is 0.254 e. The molecule has 0 spiro atoms. The minimum atomic E-state index is -0.256. The number of hydrogen-bond acceptors (Lipinski definition) is 5. The highest BCUT2D eigenvalue weighted by Crippen LogP contribution is 2.24. The highest BCUT2D eigenvalue weighted by Gasteiger charge is 2.28. The van der Waals surface area contributed by atoms with E-state index in [2.05, 4.69) is 15.1 Å². The molecule has 0 bridgehead atoms. The molecular weight excluding hydrogens is 342 g/mol. The van der Waals surface area contributed by atoms with Crippen molar-refractivity contribution in [3.8, 4) is 0 Å². The summed E-state index contributed by atoms with van der Waals surface area (Å²) < 4.78 is 7.61. The molecule has 27 heavy (non-hydrogen) atoms. The Kier molecular flexibility index (Phi) is 5.81. The third kappa shape index (κ3) is 3.98. The Bertz CT molecular complexity index is 937. The third-order valence-electron chi connectivity index (χ3n) is 4.36. The number of rotatable bonds is 2. The number of fused-ring (bicyclic) bond motifs is 1. The summed E-state index contributed by atoms with van der Waals surface area (Å²) in [5, 5.41) is 4.23. The van der Waals surface area contributed by atoms with Gasteiger partial charge in [-0.3, -0.25) is 4.79 Å². The molecule has 0 N–H and O–H groups in total. The first-order valence-electron chi connectivity index (χ1n) is 9.26. The number of aromatic nitrogens is 4. The number of hydrogen-bond donors (Lipinski definition) is 0. The number of morpholine rings is 1. The predicted octanol–water partition coefficient (Wildman–Crippen LogP) is 2.98. The number of carbonyl (C=O) groups excluding carboxylic acids is 1. The van der Waals surface area contributed by atoms with Crippen molar-refractivity contribution >= 4 is 11.7 Å². The van der Waals surface area contributed by atoms with Crippen LogP contribution in [0.4, 0.5) is 0 Å². The van der Waals surface area contributed by atoms with Gasteiger partial charge in [0.05, 0.1) is 18.8 Å². The lowest BCUT2D eigenvalue weighted by Gasteiger charge is -2.33. The largest absolute Gasteiger partial charge is 0.368 e. The van der Waals surface area contributed by atoms with Crippen LogP contribution in [-0.2, 0) is 4.74 Å². The van der Waals surface area contributed by atoms with Crippen molar-refractivity contribution in [1.82, 2.24) is 24.5 Å². The summed E-state index contributed by atoms with van der Waals surface area (Å²) in [6, 6.07) is 9.60.